The van der Waals surface area contributed by atoms with Crippen LogP contribution in [0.3, 0.4) is 0 Å². The van der Waals surface area contributed by atoms with Crippen LogP contribution in [-0.4, -0.2) is 140 Å². The zero-order chi connectivity index (χ0) is 45.4. The minimum Gasteiger partial charge on any atom is -0.394 e. The number of carbonyl (C=O) groups excluding carboxylic acids is 1. The molecule has 0 aromatic carbocycles. The van der Waals surface area contributed by atoms with E-state index < -0.39 is 86.8 Å². The fourth-order valence-electron chi connectivity index (χ4n) is 7.79. The molecule has 12 atom stereocenters. The van der Waals surface area contributed by atoms with Crippen molar-refractivity contribution in [1.29, 1.82) is 0 Å². The number of nitrogens with one attached hydrogen (secondary N) is 1. The third-order valence-corrected chi connectivity index (χ3v) is 11.8. The van der Waals surface area contributed by atoms with Crippen molar-refractivity contribution >= 4 is 5.91 Å². The van der Waals surface area contributed by atoms with Gasteiger partial charge in [0.25, 0.3) is 0 Å². The fraction of sp³-hybridized carbons (Fsp3) is 0.854. The molecule has 0 aromatic heterocycles. The zero-order valence-electron chi connectivity index (χ0n) is 38.1. The van der Waals surface area contributed by atoms with Gasteiger partial charge in [-0.15, -0.1) is 0 Å². The van der Waals surface area contributed by atoms with Crippen LogP contribution >= 0.6 is 0 Å². The summed E-state index contributed by atoms with van der Waals surface area (Å²) in [6.07, 6.45) is 23.2. The standard InChI is InChI=1S/C48H87NO13/c1-3-5-7-8-9-10-11-12-13-14-15-16-17-18-19-20-21-22-23-24-25-26-27-28-30-31-37(52)36(49-40(53)32-29-6-4-2)35-59-47-45(58)43(56)46(39(34-51)61-47)62-48-44(57)42(55)41(54)38(33-50)60-48/h21-22,25-26,30-31,36-39,41-48,50-52,54-58H,3-20,23-24,27-29,32-35H2,1-2H3,(H,49,53)/b22-21+,26-25+,31-30+. The third-order valence-electron chi connectivity index (χ3n) is 11.8. The van der Waals surface area contributed by atoms with Gasteiger partial charge in [-0.3, -0.25) is 4.79 Å². The monoisotopic (exact) mass is 886 g/mol. The van der Waals surface area contributed by atoms with E-state index in [9.17, 15) is 45.6 Å². The third kappa shape index (κ3) is 22.9. The first-order valence-electron chi connectivity index (χ1n) is 24.2. The Morgan fingerprint density at radius 2 is 1.03 bits per heavy atom. The van der Waals surface area contributed by atoms with Crippen molar-refractivity contribution in [3.05, 3.63) is 36.5 Å². The summed E-state index contributed by atoms with van der Waals surface area (Å²) < 4.78 is 22.5. The van der Waals surface area contributed by atoms with E-state index in [0.717, 1.165) is 38.5 Å². The van der Waals surface area contributed by atoms with Crippen LogP contribution in [0.2, 0.25) is 0 Å². The van der Waals surface area contributed by atoms with Gasteiger partial charge in [-0.05, 0) is 44.9 Å². The molecule has 0 radical (unpaired) electrons. The molecule has 362 valence electrons. The normalized spacial score (nSPS) is 28.0. The van der Waals surface area contributed by atoms with Gasteiger partial charge in [0.1, 0.15) is 48.8 Å². The number of aliphatic hydroxyl groups is 8. The summed E-state index contributed by atoms with van der Waals surface area (Å²) in [6.45, 7) is 2.56. The summed E-state index contributed by atoms with van der Waals surface area (Å²) in [5, 5.41) is 85.9. The van der Waals surface area contributed by atoms with E-state index in [1.54, 1.807) is 6.08 Å². The quantitative estimate of drug-likeness (QED) is 0.0279. The lowest BCUT2D eigenvalue weighted by Gasteiger charge is -2.46. The number of unbranched alkanes of at least 4 members (excludes halogenated alkanes) is 19. The number of ether oxygens (including phenoxy) is 4. The van der Waals surface area contributed by atoms with Crippen LogP contribution in [0.25, 0.3) is 0 Å². The van der Waals surface area contributed by atoms with E-state index in [0.29, 0.717) is 12.8 Å². The summed E-state index contributed by atoms with van der Waals surface area (Å²) in [5.41, 5.74) is 0. The van der Waals surface area contributed by atoms with Crippen LogP contribution in [0.15, 0.2) is 36.5 Å². The van der Waals surface area contributed by atoms with E-state index in [-0.39, 0.29) is 18.9 Å². The number of hydrogen-bond acceptors (Lipinski definition) is 13. The molecule has 2 rings (SSSR count). The highest BCUT2D eigenvalue weighted by molar-refractivity contribution is 5.76. The van der Waals surface area contributed by atoms with Gasteiger partial charge in [-0.1, -0.05) is 153 Å². The lowest BCUT2D eigenvalue weighted by atomic mass is 9.97. The van der Waals surface area contributed by atoms with Crippen LogP contribution in [0.5, 0.6) is 0 Å². The molecule has 0 aliphatic carbocycles. The molecule has 12 unspecified atom stereocenters. The van der Waals surface area contributed by atoms with Crippen molar-refractivity contribution in [1.82, 2.24) is 5.32 Å². The molecule has 14 heteroatoms. The summed E-state index contributed by atoms with van der Waals surface area (Å²) in [5.74, 6) is -0.280. The minimum absolute atomic E-state index is 0.255. The molecule has 2 saturated heterocycles. The van der Waals surface area contributed by atoms with Crippen molar-refractivity contribution in [2.24, 2.45) is 0 Å². The van der Waals surface area contributed by atoms with E-state index >= 15 is 0 Å². The van der Waals surface area contributed by atoms with Gasteiger partial charge < -0.3 is 65.1 Å². The Kier molecular flexibility index (Phi) is 32.2. The molecule has 1 amide bonds. The Labute approximate surface area is 372 Å². The van der Waals surface area contributed by atoms with E-state index in [4.69, 9.17) is 18.9 Å². The van der Waals surface area contributed by atoms with Crippen LogP contribution in [0.4, 0.5) is 0 Å². The lowest BCUT2D eigenvalue weighted by Crippen LogP contribution is -2.65. The number of allylic oxidation sites excluding steroid dienone is 5. The van der Waals surface area contributed by atoms with Gasteiger partial charge in [0.2, 0.25) is 5.91 Å². The predicted octanol–water partition coefficient (Wildman–Crippen LogP) is 5.54. The number of amides is 1. The Balaban J connectivity index is 1.71. The molecule has 0 saturated carbocycles. The Morgan fingerprint density at radius 1 is 0.565 bits per heavy atom. The van der Waals surface area contributed by atoms with Crippen molar-refractivity contribution in [3.63, 3.8) is 0 Å². The van der Waals surface area contributed by atoms with E-state index in [1.165, 1.54) is 96.3 Å². The van der Waals surface area contributed by atoms with Gasteiger partial charge in [0, 0.05) is 6.42 Å². The minimum atomic E-state index is -1.79. The molecule has 2 fully saturated rings. The van der Waals surface area contributed by atoms with E-state index in [2.05, 4.69) is 36.5 Å². The molecule has 2 aliphatic rings. The second-order valence-corrected chi connectivity index (χ2v) is 17.2. The molecular weight excluding hydrogens is 799 g/mol. The summed E-state index contributed by atoms with van der Waals surface area (Å²) in [7, 11) is 0. The maximum atomic E-state index is 12.8. The Bertz CT molecular complexity index is 1190. The van der Waals surface area contributed by atoms with Crippen LogP contribution in [0.1, 0.15) is 168 Å². The zero-order valence-corrected chi connectivity index (χ0v) is 38.1. The van der Waals surface area contributed by atoms with Gasteiger partial charge in [-0.2, -0.15) is 0 Å². The van der Waals surface area contributed by atoms with Crippen molar-refractivity contribution < 1.29 is 64.6 Å². The smallest absolute Gasteiger partial charge is 0.220 e. The number of rotatable bonds is 36. The second-order valence-electron chi connectivity index (χ2n) is 17.2. The highest BCUT2D eigenvalue weighted by Gasteiger charge is 2.51. The largest absolute Gasteiger partial charge is 0.394 e. The molecule has 0 spiro atoms. The van der Waals surface area contributed by atoms with Gasteiger partial charge >= 0.3 is 0 Å². The van der Waals surface area contributed by atoms with E-state index in [1.807, 2.05) is 13.0 Å². The van der Waals surface area contributed by atoms with Crippen LogP contribution < -0.4 is 5.32 Å². The molecule has 2 aliphatic heterocycles. The highest BCUT2D eigenvalue weighted by atomic mass is 16.7. The summed E-state index contributed by atoms with van der Waals surface area (Å²) in [4.78, 5) is 12.8. The fourth-order valence-corrected chi connectivity index (χ4v) is 7.79. The first kappa shape index (κ1) is 56.3. The average molecular weight is 886 g/mol. The topological polar surface area (TPSA) is 228 Å². The molecular formula is C48H87NO13. The van der Waals surface area contributed by atoms with Crippen molar-refractivity contribution in [2.75, 3.05) is 19.8 Å². The average Bonchev–Trinajstić information content (AvgIpc) is 3.27. The van der Waals surface area contributed by atoms with Crippen LogP contribution in [-0.2, 0) is 23.7 Å². The Hall–Kier alpha value is -1.79. The molecule has 0 aromatic rings. The molecule has 0 bridgehead atoms. The Morgan fingerprint density at radius 3 is 1.58 bits per heavy atom. The summed E-state index contributed by atoms with van der Waals surface area (Å²) >= 11 is 0. The van der Waals surface area contributed by atoms with Gasteiger partial charge in [-0.25, -0.2) is 0 Å². The molecule has 2 heterocycles. The van der Waals surface area contributed by atoms with Crippen LogP contribution in [0, 0.1) is 0 Å². The maximum Gasteiger partial charge on any atom is 0.220 e. The maximum absolute atomic E-state index is 12.8. The predicted molar refractivity (Wildman–Crippen MR) is 240 cm³/mol. The first-order chi connectivity index (χ1) is 30.1. The molecule has 14 nitrogen and oxygen atoms in total. The first-order valence-corrected chi connectivity index (χ1v) is 24.2. The molecule has 62 heavy (non-hydrogen) atoms. The van der Waals surface area contributed by atoms with Crippen molar-refractivity contribution in [2.45, 2.75) is 242 Å². The van der Waals surface area contributed by atoms with Crippen molar-refractivity contribution in [3.8, 4) is 0 Å². The number of carbonyl (C=O) groups is 1. The second kappa shape index (κ2) is 35.5. The summed E-state index contributed by atoms with van der Waals surface area (Å²) in [6, 6.07) is -0.930. The SMILES string of the molecule is CCCCCCCCCCCCCCCCC/C=C/CC/C=C/CC/C=C/C(O)C(COC1OC(CO)C(OC2OC(CO)C(O)C(O)C2O)C(O)C1O)NC(=O)CCCCC. The lowest BCUT2D eigenvalue weighted by molar-refractivity contribution is -0.359. The highest BCUT2D eigenvalue weighted by Crippen LogP contribution is 2.30. The van der Waals surface area contributed by atoms with Gasteiger partial charge in [0.15, 0.2) is 12.6 Å². The number of hydrogen-bond donors (Lipinski definition) is 9. The molecule has 9 N–H and O–H groups in total. The number of aliphatic hydroxyl groups excluding tert-OH is 8. The van der Waals surface area contributed by atoms with Gasteiger partial charge in [0.05, 0.1) is 32.0 Å².